The van der Waals surface area contributed by atoms with Crippen molar-refractivity contribution in [1.82, 2.24) is 5.32 Å². The Labute approximate surface area is 180 Å². The van der Waals surface area contributed by atoms with Gasteiger partial charge in [0.25, 0.3) is 5.91 Å². The van der Waals surface area contributed by atoms with Crippen LogP contribution in [-0.4, -0.2) is 38.9 Å². The number of anilines is 2. The SMILES string of the molecule is C=N/C(C(N)=O)=C(/NC)SCNc1ccc(OC)cc1.Cc1ccc(C=O)cc1N. The van der Waals surface area contributed by atoms with Gasteiger partial charge in [0.2, 0.25) is 0 Å². The zero-order chi connectivity index (χ0) is 22.5. The molecule has 9 heteroatoms. The average Bonchev–Trinajstić information content (AvgIpc) is 2.75. The van der Waals surface area contributed by atoms with E-state index in [1.54, 1.807) is 26.3 Å². The van der Waals surface area contributed by atoms with Gasteiger partial charge in [0.15, 0.2) is 5.70 Å². The number of amides is 1. The van der Waals surface area contributed by atoms with Crippen molar-refractivity contribution in [2.45, 2.75) is 6.92 Å². The minimum Gasteiger partial charge on any atom is -0.497 e. The van der Waals surface area contributed by atoms with Crippen molar-refractivity contribution in [2.24, 2.45) is 10.7 Å². The third-order valence-corrected chi connectivity index (χ3v) is 4.83. The number of aryl methyl sites for hydroxylation is 1. The van der Waals surface area contributed by atoms with E-state index in [9.17, 15) is 9.59 Å². The number of rotatable bonds is 9. The van der Waals surface area contributed by atoms with Gasteiger partial charge >= 0.3 is 0 Å². The fourth-order valence-electron chi connectivity index (χ4n) is 2.15. The van der Waals surface area contributed by atoms with Crippen LogP contribution in [0.15, 0.2) is 58.2 Å². The Hall–Kier alpha value is -3.46. The summed E-state index contributed by atoms with van der Waals surface area (Å²) < 4.78 is 5.08. The number of benzene rings is 2. The lowest BCUT2D eigenvalue weighted by molar-refractivity contribution is -0.114. The predicted molar refractivity (Wildman–Crippen MR) is 125 cm³/mol. The van der Waals surface area contributed by atoms with E-state index in [1.165, 1.54) is 11.8 Å². The summed E-state index contributed by atoms with van der Waals surface area (Å²) in [5.41, 5.74) is 14.1. The second kappa shape index (κ2) is 12.9. The standard InChI is InChI=1S/C13H18N4O2S.C8H9NO/c1-15-11(12(14)18)13(16-2)20-8-17-9-4-6-10(19-3)7-5-9;1-6-2-3-7(5-10)4-8(6)9/h4-7,16-17H,1,8H2,2-3H3,(H2,14,18);2-5H,9H2,1H3/b13-11-;. The molecule has 2 rings (SSSR count). The van der Waals surface area contributed by atoms with Gasteiger partial charge in [-0.1, -0.05) is 23.9 Å². The number of nitrogens with two attached hydrogens (primary N) is 2. The van der Waals surface area contributed by atoms with Gasteiger partial charge < -0.3 is 26.8 Å². The minimum atomic E-state index is -0.610. The fraction of sp³-hybridized carbons (Fsp3) is 0.190. The summed E-state index contributed by atoms with van der Waals surface area (Å²) in [4.78, 5) is 25.0. The Morgan fingerprint density at radius 2 is 1.93 bits per heavy atom. The number of carbonyl (C=O) groups is 2. The molecule has 0 radical (unpaired) electrons. The van der Waals surface area contributed by atoms with Crippen molar-refractivity contribution in [1.29, 1.82) is 0 Å². The molecule has 160 valence electrons. The number of nitrogens with zero attached hydrogens (tertiary/aromatic N) is 1. The van der Waals surface area contributed by atoms with E-state index in [2.05, 4.69) is 22.3 Å². The molecule has 0 atom stereocenters. The highest BCUT2D eigenvalue weighted by Crippen LogP contribution is 2.20. The van der Waals surface area contributed by atoms with E-state index < -0.39 is 5.91 Å². The Morgan fingerprint density at radius 1 is 1.27 bits per heavy atom. The number of thioether (sulfide) groups is 1. The molecular weight excluding hydrogens is 402 g/mol. The predicted octanol–water partition coefficient (Wildman–Crippen LogP) is 2.76. The van der Waals surface area contributed by atoms with Gasteiger partial charge in [-0.15, -0.1) is 0 Å². The summed E-state index contributed by atoms with van der Waals surface area (Å²) in [5, 5.41) is 6.66. The van der Waals surface area contributed by atoms with E-state index in [1.807, 2.05) is 37.3 Å². The highest BCUT2D eigenvalue weighted by molar-refractivity contribution is 8.03. The Morgan fingerprint density at radius 3 is 2.40 bits per heavy atom. The van der Waals surface area contributed by atoms with Crippen molar-refractivity contribution in [3.05, 3.63) is 64.3 Å². The Balaban J connectivity index is 0.000000375. The molecule has 0 saturated heterocycles. The lowest BCUT2D eigenvalue weighted by Crippen LogP contribution is -2.19. The van der Waals surface area contributed by atoms with Gasteiger partial charge in [-0.05, 0) is 49.5 Å². The molecule has 6 N–H and O–H groups in total. The first-order chi connectivity index (χ1) is 14.4. The normalized spacial score (nSPS) is 10.6. The summed E-state index contributed by atoms with van der Waals surface area (Å²) in [6.07, 6.45) is 0.787. The van der Waals surface area contributed by atoms with E-state index in [4.69, 9.17) is 16.2 Å². The molecule has 1 amide bonds. The molecular formula is C21H27N5O3S. The van der Waals surface area contributed by atoms with Crippen LogP contribution < -0.4 is 26.8 Å². The van der Waals surface area contributed by atoms with Crippen molar-refractivity contribution < 1.29 is 14.3 Å². The zero-order valence-electron chi connectivity index (χ0n) is 17.3. The largest absolute Gasteiger partial charge is 0.497 e. The first-order valence-electron chi connectivity index (χ1n) is 8.86. The summed E-state index contributed by atoms with van der Waals surface area (Å²) in [7, 11) is 3.32. The number of ether oxygens (including phenoxy) is 1. The zero-order valence-corrected chi connectivity index (χ0v) is 18.1. The van der Waals surface area contributed by atoms with Gasteiger partial charge in [-0.25, -0.2) is 0 Å². The van der Waals surface area contributed by atoms with Gasteiger partial charge in [-0.2, -0.15) is 0 Å². The molecule has 0 aromatic heterocycles. The van der Waals surface area contributed by atoms with Crippen molar-refractivity contribution >= 4 is 42.0 Å². The first kappa shape index (κ1) is 24.6. The van der Waals surface area contributed by atoms with Crippen molar-refractivity contribution in [3.8, 4) is 5.75 Å². The molecule has 0 saturated carbocycles. The topological polar surface area (TPSA) is 132 Å². The first-order valence-corrected chi connectivity index (χ1v) is 9.85. The maximum absolute atomic E-state index is 11.2. The number of primary amides is 1. The number of hydrogen-bond acceptors (Lipinski definition) is 8. The monoisotopic (exact) mass is 429 g/mol. The molecule has 8 nitrogen and oxygen atoms in total. The van der Waals surface area contributed by atoms with Gasteiger partial charge in [0.05, 0.1) is 13.0 Å². The molecule has 2 aromatic rings. The highest BCUT2D eigenvalue weighted by Gasteiger charge is 2.10. The highest BCUT2D eigenvalue weighted by atomic mass is 32.2. The number of aldehydes is 1. The number of aliphatic imine (C=N–C) groups is 1. The van der Waals surface area contributed by atoms with Crippen LogP contribution in [0.1, 0.15) is 15.9 Å². The maximum atomic E-state index is 11.2. The number of nitrogen functional groups attached to an aromatic ring is 1. The molecule has 0 aliphatic carbocycles. The van der Waals surface area contributed by atoms with Crippen LogP contribution in [0.3, 0.4) is 0 Å². The number of methoxy groups -OCH3 is 1. The maximum Gasteiger partial charge on any atom is 0.269 e. The Bertz CT molecular complexity index is 898. The number of nitrogens with one attached hydrogen (secondary N) is 2. The van der Waals surface area contributed by atoms with Crippen LogP contribution in [0.5, 0.6) is 5.75 Å². The lowest BCUT2D eigenvalue weighted by Gasteiger charge is -2.11. The summed E-state index contributed by atoms with van der Waals surface area (Å²) >= 11 is 1.38. The summed E-state index contributed by atoms with van der Waals surface area (Å²) in [6, 6.07) is 12.8. The van der Waals surface area contributed by atoms with Crippen molar-refractivity contribution in [3.63, 3.8) is 0 Å². The molecule has 0 spiro atoms. The summed E-state index contributed by atoms with van der Waals surface area (Å²) in [6.45, 7) is 5.25. The third-order valence-electron chi connectivity index (χ3n) is 3.86. The van der Waals surface area contributed by atoms with Crippen LogP contribution in [0.2, 0.25) is 0 Å². The molecule has 2 aromatic carbocycles. The molecule has 30 heavy (non-hydrogen) atoms. The van der Waals surface area contributed by atoms with E-state index in [0.717, 1.165) is 23.3 Å². The lowest BCUT2D eigenvalue weighted by atomic mass is 10.1. The van der Waals surface area contributed by atoms with E-state index in [-0.39, 0.29) is 5.70 Å². The van der Waals surface area contributed by atoms with E-state index >= 15 is 0 Å². The number of hydrogen-bond donors (Lipinski definition) is 4. The third kappa shape index (κ3) is 7.88. The molecule has 0 aliphatic rings. The minimum absolute atomic E-state index is 0.133. The smallest absolute Gasteiger partial charge is 0.269 e. The van der Waals surface area contributed by atoms with Crippen LogP contribution in [-0.2, 0) is 4.79 Å². The molecule has 0 bridgehead atoms. The van der Waals surface area contributed by atoms with Gasteiger partial charge in [-0.3, -0.25) is 14.6 Å². The second-order valence-electron chi connectivity index (χ2n) is 5.88. The summed E-state index contributed by atoms with van der Waals surface area (Å²) in [5.74, 6) is 0.738. The van der Waals surface area contributed by atoms with Gasteiger partial charge in [0, 0.05) is 24.0 Å². The van der Waals surface area contributed by atoms with Crippen LogP contribution in [0, 0.1) is 6.92 Å². The molecule has 0 heterocycles. The number of carbonyl (C=O) groups excluding carboxylic acids is 2. The van der Waals surface area contributed by atoms with Crippen molar-refractivity contribution in [2.75, 3.05) is 31.1 Å². The molecule has 0 fully saturated rings. The van der Waals surface area contributed by atoms with Gasteiger partial charge in [0.1, 0.15) is 17.1 Å². The Kier molecular flexibility index (Phi) is 10.6. The van der Waals surface area contributed by atoms with Crippen LogP contribution in [0.4, 0.5) is 11.4 Å². The average molecular weight is 430 g/mol. The quantitative estimate of drug-likeness (QED) is 0.158. The van der Waals surface area contributed by atoms with Crippen LogP contribution >= 0.6 is 11.8 Å². The second-order valence-corrected chi connectivity index (χ2v) is 6.86. The van der Waals surface area contributed by atoms with E-state index in [0.29, 0.717) is 22.2 Å². The fourth-order valence-corrected chi connectivity index (χ4v) is 2.98. The molecule has 0 aliphatic heterocycles. The molecule has 0 unspecified atom stereocenters. The van der Waals surface area contributed by atoms with Crippen LogP contribution in [0.25, 0.3) is 0 Å².